The maximum absolute atomic E-state index is 12.8. The number of aryl methyl sites for hydroxylation is 1. The number of hydrogen-bond donors (Lipinski definition) is 1. The van der Waals surface area contributed by atoms with Gasteiger partial charge < -0.3 is 4.74 Å². The maximum atomic E-state index is 12.8. The van der Waals surface area contributed by atoms with Crippen LogP contribution in [-0.4, -0.2) is 24.6 Å². The molecule has 3 aromatic rings. The van der Waals surface area contributed by atoms with Gasteiger partial charge in [-0.2, -0.15) is 5.10 Å². The Kier molecular flexibility index (Phi) is 6.79. The first-order valence-corrected chi connectivity index (χ1v) is 11.1. The van der Waals surface area contributed by atoms with Gasteiger partial charge in [-0.05, 0) is 29.5 Å². The highest BCUT2D eigenvalue weighted by molar-refractivity contribution is 6.24. The highest BCUT2D eigenvalue weighted by atomic mass is 16.5. The minimum atomic E-state index is -0.660. The topological polar surface area (TPSA) is 67.8 Å². The van der Waals surface area contributed by atoms with Crippen LogP contribution >= 0.6 is 0 Å². The lowest BCUT2D eigenvalue weighted by atomic mass is 10.0. The fourth-order valence-electron chi connectivity index (χ4n) is 3.91. The number of methoxy groups -OCH3 is 1. The monoisotopic (exact) mass is 438 g/mol. The van der Waals surface area contributed by atoms with E-state index >= 15 is 0 Å². The van der Waals surface area contributed by atoms with E-state index in [-0.39, 0.29) is 11.5 Å². The van der Waals surface area contributed by atoms with Crippen molar-refractivity contribution in [3.05, 3.63) is 107 Å². The van der Waals surface area contributed by atoms with Crippen molar-refractivity contribution >= 4 is 17.5 Å². The Balaban J connectivity index is 1.61. The third kappa shape index (κ3) is 4.77. The molecule has 0 aliphatic heterocycles. The Bertz CT molecular complexity index is 1190. The van der Waals surface area contributed by atoms with Crippen molar-refractivity contribution in [2.24, 2.45) is 5.10 Å². The molecule has 0 unspecified atom stereocenters. The van der Waals surface area contributed by atoms with Crippen LogP contribution in [0.15, 0.2) is 89.7 Å². The van der Waals surface area contributed by atoms with E-state index in [4.69, 9.17) is 4.74 Å². The number of nitrogens with one attached hydrogen (secondary N) is 1. The van der Waals surface area contributed by atoms with Crippen molar-refractivity contribution in [2.75, 3.05) is 7.11 Å². The van der Waals surface area contributed by atoms with Gasteiger partial charge in [0.05, 0.1) is 12.8 Å². The van der Waals surface area contributed by atoms with Gasteiger partial charge in [0.25, 0.3) is 0 Å². The maximum Gasteiger partial charge on any atom is 0.356 e. The van der Waals surface area contributed by atoms with Crippen molar-refractivity contribution < 1.29 is 14.3 Å². The molecule has 0 fully saturated rings. The number of hydrazone groups is 1. The Morgan fingerprint density at radius 1 is 0.879 bits per heavy atom. The summed E-state index contributed by atoms with van der Waals surface area (Å²) in [5.74, 6) is -0.954. The van der Waals surface area contributed by atoms with Gasteiger partial charge >= 0.3 is 5.97 Å². The van der Waals surface area contributed by atoms with Crippen molar-refractivity contribution in [3.8, 4) is 11.1 Å². The SMILES string of the molecule is CCCCc1ccc(C(=O)/C=C(\NN=C2c3ccccc3-c3ccccc32)C(=O)OC)cc1. The predicted octanol–water partition coefficient (Wildman–Crippen LogP) is 5.29. The highest BCUT2D eigenvalue weighted by Crippen LogP contribution is 2.36. The van der Waals surface area contributed by atoms with Gasteiger partial charge in [-0.25, -0.2) is 4.79 Å². The zero-order valence-electron chi connectivity index (χ0n) is 18.8. The van der Waals surface area contributed by atoms with E-state index in [0.717, 1.165) is 41.5 Å². The van der Waals surface area contributed by atoms with E-state index in [1.165, 1.54) is 18.7 Å². The van der Waals surface area contributed by atoms with Crippen molar-refractivity contribution in [1.82, 2.24) is 5.43 Å². The molecule has 0 atom stereocenters. The number of hydrogen-bond acceptors (Lipinski definition) is 5. The Morgan fingerprint density at radius 3 is 2.00 bits per heavy atom. The molecule has 0 aromatic heterocycles. The molecule has 33 heavy (non-hydrogen) atoms. The fraction of sp³-hybridized carbons (Fsp3) is 0.179. The van der Waals surface area contributed by atoms with E-state index in [1.807, 2.05) is 60.7 Å². The number of rotatable bonds is 8. The van der Waals surface area contributed by atoms with Crippen LogP contribution in [0.3, 0.4) is 0 Å². The smallest absolute Gasteiger partial charge is 0.356 e. The molecule has 1 aliphatic rings. The number of ether oxygens (including phenoxy) is 1. The summed E-state index contributed by atoms with van der Waals surface area (Å²) in [7, 11) is 1.28. The molecule has 3 aromatic carbocycles. The zero-order chi connectivity index (χ0) is 23.2. The fourth-order valence-corrected chi connectivity index (χ4v) is 3.91. The van der Waals surface area contributed by atoms with Crippen molar-refractivity contribution in [3.63, 3.8) is 0 Å². The molecule has 1 N–H and O–H groups in total. The minimum absolute atomic E-state index is 0.0214. The van der Waals surface area contributed by atoms with Crippen LogP contribution in [0.25, 0.3) is 11.1 Å². The summed E-state index contributed by atoms with van der Waals surface area (Å²) in [6.45, 7) is 2.15. The van der Waals surface area contributed by atoms with Crippen LogP contribution < -0.4 is 5.43 Å². The highest BCUT2D eigenvalue weighted by Gasteiger charge is 2.24. The first-order chi connectivity index (χ1) is 16.1. The number of benzene rings is 3. The number of carbonyl (C=O) groups excluding carboxylic acids is 2. The third-order valence-corrected chi connectivity index (χ3v) is 5.68. The summed E-state index contributed by atoms with van der Waals surface area (Å²) < 4.78 is 4.88. The summed E-state index contributed by atoms with van der Waals surface area (Å²) in [5, 5.41) is 4.52. The average molecular weight is 439 g/mol. The molecule has 0 amide bonds. The molecular weight excluding hydrogens is 412 g/mol. The number of fused-ring (bicyclic) bond motifs is 3. The molecule has 0 saturated carbocycles. The number of allylic oxidation sites excluding steroid dienone is 1. The van der Waals surface area contributed by atoms with Gasteiger partial charge in [-0.3, -0.25) is 10.2 Å². The van der Waals surface area contributed by atoms with Gasteiger partial charge in [-0.15, -0.1) is 0 Å². The molecule has 5 nitrogen and oxygen atoms in total. The largest absolute Gasteiger partial charge is 0.464 e. The number of nitrogens with zero attached hydrogens (tertiary/aromatic N) is 1. The van der Waals surface area contributed by atoms with E-state index in [1.54, 1.807) is 12.1 Å². The molecule has 1 aliphatic carbocycles. The minimum Gasteiger partial charge on any atom is -0.464 e. The lowest BCUT2D eigenvalue weighted by Gasteiger charge is -2.07. The predicted molar refractivity (Wildman–Crippen MR) is 130 cm³/mol. The van der Waals surface area contributed by atoms with Gasteiger partial charge in [-0.1, -0.05) is 86.1 Å². The van der Waals surface area contributed by atoms with Crippen LogP contribution in [0, 0.1) is 0 Å². The Labute approximate surface area is 193 Å². The number of unbranched alkanes of at least 4 members (excludes halogenated alkanes) is 1. The average Bonchev–Trinajstić information content (AvgIpc) is 3.18. The van der Waals surface area contributed by atoms with Crippen LogP contribution in [0.2, 0.25) is 0 Å². The Morgan fingerprint density at radius 2 is 1.45 bits per heavy atom. The third-order valence-electron chi connectivity index (χ3n) is 5.68. The molecule has 0 saturated heterocycles. The van der Waals surface area contributed by atoms with Crippen LogP contribution in [0.5, 0.6) is 0 Å². The molecule has 0 radical (unpaired) electrons. The summed E-state index contributed by atoms with van der Waals surface area (Å²) in [6, 6.07) is 23.4. The van der Waals surface area contributed by atoms with Gasteiger partial charge in [0, 0.05) is 22.8 Å². The quantitative estimate of drug-likeness (QED) is 0.176. The summed E-state index contributed by atoms with van der Waals surface area (Å²) >= 11 is 0. The standard InChI is InChI=1S/C28H26N2O3/c1-3-4-9-19-14-16-20(17-15-19)26(31)18-25(28(32)33-2)29-30-27-23-12-7-5-10-21(23)22-11-6-8-13-24(22)27/h5-8,10-18,29H,3-4,9H2,1-2H3/b25-18-. The van der Waals surface area contributed by atoms with Gasteiger partial charge in [0.2, 0.25) is 0 Å². The number of esters is 1. The molecule has 0 spiro atoms. The molecule has 4 rings (SSSR count). The van der Waals surface area contributed by atoms with Gasteiger partial charge in [0.1, 0.15) is 5.70 Å². The summed E-state index contributed by atoms with van der Waals surface area (Å²) in [4.78, 5) is 25.2. The molecule has 0 bridgehead atoms. The zero-order valence-corrected chi connectivity index (χ0v) is 18.8. The molecule has 5 heteroatoms. The summed E-state index contributed by atoms with van der Waals surface area (Å²) in [6.07, 6.45) is 4.45. The first kappa shape index (κ1) is 22.2. The van der Waals surface area contributed by atoms with Crippen molar-refractivity contribution in [2.45, 2.75) is 26.2 Å². The van der Waals surface area contributed by atoms with Crippen LogP contribution in [0.1, 0.15) is 46.8 Å². The Hall–Kier alpha value is -3.99. The lowest BCUT2D eigenvalue weighted by molar-refractivity contribution is -0.136. The number of carbonyl (C=O) groups is 2. The van der Waals surface area contributed by atoms with E-state index < -0.39 is 5.97 Å². The summed E-state index contributed by atoms with van der Waals surface area (Å²) in [5.41, 5.74) is 9.25. The molecule has 166 valence electrons. The van der Waals surface area contributed by atoms with Gasteiger partial charge in [0.15, 0.2) is 5.78 Å². The number of ketones is 1. The van der Waals surface area contributed by atoms with Crippen LogP contribution in [0.4, 0.5) is 0 Å². The second-order valence-electron chi connectivity index (χ2n) is 7.88. The van der Waals surface area contributed by atoms with Crippen molar-refractivity contribution in [1.29, 1.82) is 0 Å². The lowest BCUT2D eigenvalue weighted by Crippen LogP contribution is -2.20. The van der Waals surface area contributed by atoms with E-state index in [9.17, 15) is 9.59 Å². The van der Waals surface area contributed by atoms with E-state index in [2.05, 4.69) is 17.5 Å². The molecular formula is C28H26N2O3. The normalized spacial score (nSPS) is 12.1. The van der Waals surface area contributed by atoms with E-state index in [0.29, 0.717) is 11.3 Å². The second-order valence-corrected chi connectivity index (χ2v) is 7.88. The van der Waals surface area contributed by atoms with Crippen LogP contribution in [-0.2, 0) is 16.0 Å². The first-order valence-electron chi connectivity index (χ1n) is 11.1. The molecule has 0 heterocycles. The second kappa shape index (κ2) is 10.1.